The average Bonchev–Trinajstić information content (AvgIpc) is 2.37. The van der Waals surface area contributed by atoms with E-state index in [4.69, 9.17) is 0 Å². The zero-order valence-electron chi connectivity index (χ0n) is 10.7. The summed E-state index contributed by atoms with van der Waals surface area (Å²) in [5.41, 5.74) is 1.26. The summed E-state index contributed by atoms with van der Waals surface area (Å²) < 4.78 is 25.0. The number of benzene rings is 1. The normalized spacial score (nSPS) is 21.9. The molecule has 1 aromatic carbocycles. The Balaban J connectivity index is 1.98. The van der Waals surface area contributed by atoms with Gasteiger partial charge in [0.05, 0.1) is 6.26 Å². The lowest BCUT2D eigenvalue weighted by Gasteiger charge is -2.34. The molecule has 1 N–H and O–H groups in total. The molecule has 1 heterocycles. The van der Waals surface area contributed by atoms with Crippen molar-refractivity contribution in [2.75, 3.05) is 25.9 Å². The summed E-state index contributed by atoms with van der Waals surface area (Å²) in [5.74, 6) is 0. The Morgan fingerprint density at radius 3 is 2.72 bits per heavy atom. The fourth-order valence-electron chi connectivity index (χ4n) is 2.40. The molecular formula is C13H20N2O2S. The number of rotatable bonds is 4. The van der Waals surface area contributed by atoms with Crippen molar-refractivity contribution < 1.29 is 8.42 Å². The molecule has 0 aliphatic carbocycles. The fraction of sp³-hybridized carbons (Fsp3) is 0.538. The molecule has 1 saturated heterocycles. The number of hydrogen-bond donors (Lipinski definition) is 1. The van der Waals surface area contributed by atoms with Crippen LogP contribution in [0.5, 0.6) is 0 Å². The number of aryl methyl sites for hydroxylation is 1. The minimum absolute atomic E-state index is 0.0777. The molecule has 18 heavy (non-hydrogen) atoms. The van der Waals surface area contributed by atoms with Crippen LogP contribution in [0.4, 0.5) is 0 Å². The van der Waals surface area contributed by atoms with Crippen LogP contribution in [-0.2, 0) is 16.4 Å². The fourth-order valence-corrected chi connectivity index (χ4v) is 3.55. The third kappa shape index (κ3) is 3.54. The van der Waals surface area contributed by atoms with E-state index in [9.17, 15) is 8.42 Å². The van der Waals surface area contributed by atoms with Crippen molar-refractivity contribution in [1.29, 1.82) is 0 Å². The lowest BCUT2D eigenvalue weighted by atomic mass is 10.0. The molecule has 100 valence electrons. The molecule has 1 aliphatic rings. The first kappa shape index (κ1) is 13.5. The molecule has 1 fully saturated rings. The standard InChI is InChI=1S/C13H20N2O2S/c1-18(16,17)15-10-9-14-11-13(15)8-7-12-5-3-2-4-6-12/h2-6,13-14H,7-11H2,1H3. The zero-order chi connectivity index (χ0) is 13.0. The number of piperazine rings is 1. The van der Waals surface area contributed by atoms with E-state index in [2.05, 4.69) is 17.4 Å². The molecule has 1 atom stereocenters. The number of nitrogens with zero attached hydrogens (tertiary/aromatic N) is 1. The molecule has 0 spiro atoms. The van der Waals surface area contributed by atoms with Crippen LogP contribution in [0.25, 0.3) is 0 Å². The molecule has 1 aliphatic heterocycles. The number of sulfonamides is 1. The molecule has 4 nitrogen and oxygen atoms in total. The second-order valence-corrected chi connectivity index (χ2v) is 6.69. The van der Waals surface area contributed by atoms with Gasteiger partial charge in [0.25, 0.3) is 0 Å². The van der Waals surface area contributed by atoms with E-state index in [1.165, 1.54) is 11.8 Å². The van der Waals surface area contributed by atoms with E-state index >= 15 is 0 Å². The van der Waals surface area contributed by atoms with Crippen LogP contribution in [0.15, 0.2) is 30.3 Å². The first-order valence-electron chi connectivity index (χ1n) is 6.29. The Bertz CT molecular complexity index is 473. The van der Waals surface area contributed by atoms with E-state index < -0.39 is 10.0 Å². The Morgan fingerprint density at radius 1 is 1.33 bits per heavy atom. The minimum atomic E-state index is -3.09. The summed E-state index contributed by atoms with van der Waals surface area (Å²) in [4.78, 5) is 0. The Morgan fingerprint density at radius 2 is 2.06 bits per heavy atom. The second kappa shape index (κ2) is 5.82. The quantitative estimate of drug-likeness (QED) is 0.881. The molecule has 0 aromatic heterocycles. The van der Waals surface area contributed by atoms with E-state index in [1.54, 1.807) is 4.31 Å². The molecule has 2 rings (SSSR count). The van der Waals surface area contributed by atoms with Gasteiger partial charge in [-0.1, -0.05) is 30.3 Å². The third-order valence-corrected chi connectivity index (χ3v) is 4.66. The second-order valence-electron chi connectivity index (χ2n) is 4.76. The Hall–Kier alpha value is -0.910. The van der Waals surface area contributed by atoms with E-state index in [0.717, 1.165) is 25.9 Å². The highest BCUT2D eigenvalue weighted by atomic mass is 32.2. The molecule has 5 heteroatoms. The first-order chi connectivity index (χ1) is 8.57. The Kier molecular flexibility index (Phi) is 4.37. The van der Waals surface area contributed by atoms with Gasteiger partial charge in [0.1, 0.15) is 0 Å². The highest BCUT2D eigenvalue weighted by molar-refractivity contribution is 7.88. The Labute approximate surface area is 109 Å². The van der Waals surface area contributed by atoms with E-state index in [1.807, 2.05) is 18.2 Å². The highest BCUT2D eigenvalue weighted by Crippen LogP contribution is 2.14. The van der Waals surface area contributed by atoms with Gasteiger partial charge in [-0.2, -0.15) is 4.31 Å². The molecule has 0 amide bonds. The summed E-state index contributed by atoms with van der Waals surface area (Å²) in [6.07, 6.45) is 3.08. The number of hydrogen-bond acceptors (Lipinski definition) is 3. The summed E-state index contributed by atoms with van der Waals surface area (Å²) in [5, 5.41) is 3.27. The largest absolute Gasteiger partial charge is 0.314 e. The maximum absolute atomic E-state index is 11.7. The van der Waals surface area contributed by atoms with Crippen LogP contribution in [0, 0.1) is 0 Å². The number of nitrogens with one attached hydrogen (secondary N) is 1. The topological polar surface area (TPSA) is 49.4 Å². The van der Waals surface area contributed by atoms with Crippen molar-refractivity contribution in [3.8, 4) is 0 Å². The van der Waals surface area contributed by atoms with Crippen LogP contribution in [0.3, 0.4) is 0 Å². The van der Waals surface area contributed by atoms with Gasteiger partial charge in [0.15, 0.2) is 0 Å². The van der Waals surface area contributed by atoms with Gasteiger partial charge in [-0.25, -0.2) is 8.42 Å². The molecular weight excluding hydrogens is 248 g/mol. The van der Waals surface area contributed by atoms with Gasteiger partial charge >= 0.3 is 0 Å². The van der Waals surface area contributed by atoms with Crippen molar-refractivity contribution >= 4 is 10.0 Å². The van der Waals surface area contributed by atoms with Crippen LogP contribution >= 0.6 is 0 Å². The van der Waals surface area contributed by atoms with Gasteiger partial charge in [-0.15, -0.1) is 0 Å². The van der Waals surface area contributed by atoms with Gasteiger partial charge in [-0.05, 0) is 18.4 Å². The molecule has 1 unspecified atom stereocenters. The zero-order valence-corrected chi connectivity index (χ0v) is 11.5. The van der Waals surface area contributed by atoms with Gasteiger partial charge in [-0.3, -0.25) is 0 Å². The molecule has 0 saturated carbocycles. The lowest BCUT2D eigenvalue weighted by Crippen LogP contribution is -2.53. The monoisotopic (exact) mass is 268 g/mol. The van der Waals surface area contributed by atoms with Gasteiger partial charge in [0.2, 0.25) is 10.0 Å². The van der Waals surface area contributed by atoms with Crippen molar-refractivity contribution in [3.05, 3.63) is 35.9 Å². The predicted molar refractivity (Wildman–Crippen MR) is 73.0 cm³/mol. The summed E-state index contributed by atoms with van der Waals surface area (Å²) in [7, 11) is -3.09. The maximum atomic E-state index is 11.7. The molecule has 1 aromatic rings. The van der Waals surface area contributed by atoms with Crippen LogP contribution in [-0.4, -0.2) is 44.7 Å². The first-order valence-corrected chi connectivity index (χ1v) is 8.13. The molecule has 0 bridgehead atoms. The van der Waals surface area contributed by atoms with Crippen molar-refractivity contribution in [1.82, 2.24) is 9.62 Å². The van der Waals surface area contributed by atoms with Crippen molar-refractivity contribution in [3.63, 3.8) is 0 Å². The highest BCUT2D eigenvalue weighted by Gasteiger charge is 2.28. The van der Waals surface area contributed by atoms with E-state index in [0.29, 0.717) is 6.54 Å². The van der Waals surface area contributed by atoms with Crippen LogP contribution in [0.1, 0.15) is 12.0 Å². The van der Waals surface area contributed by atoms with Gasteiger partial charge < -0.3 is 5.32 Å². The maximum Gasteiger partial charge on any atom is 0.211 e. The SMILES string of the molecule is CS(=O)(=O)N1CCNCC1CCc1ccccc1. The third-order valence-electron chi connectivity index (χ3n) is 3.33. The van der Waals surface area contributed by atoms with Crippen LogP contribution < -0.4 is 5.32 Å². The lowest BCUT2D eigenvalue weighted by molar-refractivity contribution is 0.257. The minimum Gasteiger partial charge on any atom is -0.314 e. The van der Waals surface area contributed by atoms with Crippen molar-refractivity contribution in [2.24, 2.45) is 0 Å². The molecule has 0 radical (unpaired) electrons. The van der Waals surface area contributed by atoms with E-state index in [-0.39, 0.29) is 6.04 Å². The summed E-state index contributed by atoms with van der Waals surface area (Å²) >= 11 is 0. The summed E-state index contributed by atoms with van der Waals surface area (Å²) in [6, 6.07) is 10.3. The van der Waals surface area contributed by atoms with Crippen molar-refractivity contribution in [2.45, 2.75) is 18.9 Å². The van der Waals surface area contributed by atoms with Crippen LogP contribution in [0.2, 0.25) is 0 Å². The predicted octanol–water partition coefficient (Wildman–Crippen LogP) is 0.853. The van der Waals surface area contributed by atoms with Gasteiger partial charge in [0, 0.05) is 25.7 Å². The summed E-state index contributed by atoms with van der Waals surface area (Å²) in [6.45, 7) is 2.08. The smallest absolute Gasteiger partial charge is 0.211 e. The average molecular weight is 268 g/mol.